The second kappa shape index (κ2) is 13.9. The van der Waals surface area contributed by atoms with E-state index in [2.05, 4.69) is 5.48 Å². The molecule has 10 heteroatoms. The fourth-order valence-electron chi connectivity index (χ4n) is 5.07. The number of aliphatic hydroxyl groups excluding tert-OH is 1. The number of rotatable bonds is 13. The molecule has 0 aliphatic carbocycles. The van der Waals surface area contributed by atoms with Gasteiger partial charge in [0, 0.05) is 25.0 Å². The lowest BCUT2D eigenvalue weighted by molar-refractivity contribution is -0.139. The number of nitrogens with one attached hydrogen (secondary N) is 1. The zero-order valence-corrected chi connectivity index (χ0v) is 25.1. The van der Waals surface area contributed by atoms with E-state index in [0.717, 1.165) is 11.1 Å². The number of hydrogen-bond acceptors (Lipinski definition) is 8. The van der Waals surface area contributed by atoms with Gasteiger partial charge in [0.2, 0.25) is 5.90 Å². The van der Waals surface area contributed by atoms with E-state index in [9.17, 15) is 13.2 Å². The van der Waals surface area contributed by atoms with Gasteiger partial charge in [-0.05, 0) is 53.1 Å². The van der Waals surface area contributed by atoms with Gasteiger partial charge in [0.05, 0.1) is 24.4 Å². The zero-order chi connectivity index (χ0) is 31.0. The van der Waals surface area contributed by atoms with Crippen LogP contribution in [0.25, 0.3) is 11.1 Å². The van der Waals surface area contributed by atoms with Crippen LogP contribution >= 0.6 is 0 Å². The highest BCUT2D eigenvalue weighted by atomic mass is 32.2. The van der Waals surface area contributed by atoms with Crippen LogP contribution in [0.15, 0.2) is 119 Å². The molecule has 1 amide bonds. The van der Waals surface area contributed by atoms with Gasteiger partial charge < -0.3 is 14.6 Å². The molecule has 0 radical (unpaired) electrons. The first-order chi connectivity index (χ1) is 21.4. The van der Waals surface area contributed by atoms with E-state index in [1.807, 2.05) is 54.6 Å². The summed E-state index contributed by atoms with van der Waals surface area (Å²) in [6, 6.07) is 32.6. The van der Waals surface area contributed by atoms with Gasteiger partial charge in [-0.3, -0.25) is 9.63 Å². The molecule has 2 N–H and O–H groups in total. The van der Waals surface area contributed by atoms with Gasteiger partial charge in [-0.2, -0.15) is 0 Å². The number of aliphatic hydroxyl groups is 1. The van der Waals surface area contributed by atoms with E-state index in [0.29, 0.717) is 29.9 Å². The lowest BCUT2D eigenvalue weighted by Gasteiger charge is -2.30. The van der Waals surface area contributed by atoms with Crippen molar-refractivity contribution in [2.24, 2.45) is 4.99 Å². The third kappa shape index (κ3) is 6.83. The maximum absolute atomic E-state index is 13.8. The van der Waals surface area contributed by atoms with Gasteiger partial charge in [-0.15, -0.1) is 0 Å². The molecule has 9 nitrogen and oxygen atoms in total. The first-order valence-electron chi connectivity index (χ1n) is 14.2. The Morgan fingerprint density at radius 3 is 2.14 bits per heavy atom. The molecule has 2 atom stereocenters. The molecular formula is C34H34N2O7S. The van der Waals surface area contributed by atoms with E-state index in [-0.39, 0.29) is 29.6 Å². The topological polar surface area (TPSA) is 124 Å². The quantitative estimate of drug-likeness (QED) is 0.162. The predicted octanol–water partition coefficient (Wildman–Crippen LogP) is 4.91. The lowest BCUT2D eigenvalue weighted by Crippen LogP contribution is -2.49. The van der Waals surface area contributed by atoms with E-state index < -0.39 is 27.4 Å². The van der Waals surface area contributed by atoms with Crippen molar-refractivity contribution in [2.75, 3.05) is 26.1 Å². The number of nitrogens with zero attached hydrogens (tertiary/aromatic N) is 1. The summed E-state index contributed by atoms with van der Waals surface area (Å²) in [7, 11) is -2.45. The van der Waals surface area contributed by atoms with Gasteiger partial charge in [0.25, 0.3) is 5.91 Å². The van der Waals surface area contributed by atoms with Crippen LogP contribution in [-0.2, 0) is 24.2 Å². The maximum Gasteiger partial charge on any atom is 0.275 e. The van der Waals surface area contributed by atoms with Crippen molar-refractivity contribution >= 4 is 21.6 Å². The number of benzene rings is 4. The molecule has 0 unspecified atom stereocenters. The molecule has 4 aromatic carbocycles. The maximum atomic E-state index is 13.8. The largest absolute Gasteiger partial charge is 0.494 e. The summed E-state index contributed by atoms with van der Waals surface area (Å²) in [6.07, 6.45) is -0.620. The molecule has 5 rings (SSSR count). The van der Waals surface area contributed by atoms with E-state index in [1.54, 1.807) is 42.5 Å². The molecule has 0 saturated carbocycles. The average Bonchev–Trinajstić information content (AvgIpc) is 3.46. The van der Waals surface area contributed by atoms with Gasteiger partial charge in [0.15, 0.2) is 21.5 Å². The van der Waals surface area contributed by atoms with Crippen molar-refractivity contribution < 1.29 is 32.6 Å². The van der Waals surface area contributed by atoms with Crippen LogP contribution < -0.4 is 10.2 Å². The standard InChI is InChI=1S/C34H34N2O7S/c1-41-36-33(38)34(21-24-44(39,40)30-11-6-3-7-12-30)31(27-15-13-26(14-16-27)25-9-4-2-5-10-25)43-32(35-34)28-17-19-29(20-18-28)42-23-8-22-37/h2-7,9-20,31,37H,8,21-24H2,1H3,(H,36,38)/t31-,34-/m0/s1. The van der Waals surface area contributed by atoms with E-state index in [1.165, 1.54) is 19.2 Å². The van der Waals surface area contributed by atoms with Gasteiger partial charge >= 0.3 is 0 Å². The Hall–Kier alpha value is -4.51. The van der Waals surface area contributed by atoms with Crippen molar-refractivity contribution in [3.05, 3.63) is 120 Å². The summed E-state index contributed by atoms with van der Waals surface area (Å²) in [5.41, 5.74) is 3.96. The Kier molecular flexibility index (Phi) is 9.74. The van der Waals surface area contributed by atoms with Gasteiger partial charge in [0.1, 0.15) is 5.75 Å². The van der Waals surface area contributed by atoms with Crippen LogP contribution in [0.1, 0.15) is 30.1 Å². The van der Waals surface area contributed by atoms with Crippen LogP contribution in [0.2, 0.25) is 0 Å². The fraction of sp³-hybridized carbons (Fsp3) is 0.235. The number of aliphatic imine (C=N–C) groups is 1. The van der Waals surface area contributed by atoms with Gasteiger partial charge in [-0.25, -0.2) is 18.9 Å². The minimum absolute atomic E-state index is 0.0298. The molecule has 1 aliphatic heterocycles. The van der Waals surface area contributed by atoms with E-state index in [4.69, 9.17) is 24.4 Å². The highest BCUT2D eigenvalue weighted by Crippen LogP contribution is 2.43. The van der Waals surface area contributed by atoms with Crippen molar-refractivity contribution in [1.29, 1.82) is 0 Å². The third-order valence-electron chi connectivity index (χ3n) is 7.40. The highest BCUT2D eigenvalue weighted by molar-refractivity contribution is 7.91. The number of amides is 1. The second-order valence-corrected chi connectivity index (χ2v) is 12.4. The summed E-state index contributed by atoms with van der Waals surface area (Å²) >= 11 is 0. The third-order valence-corrected chi connectivity index (χ3v) is 9.13. The summed E-state index contributed by atoms with van der Waals surface area (Å²) in [4.78, 5) is 23.8. The van der Waals surface area contributed by atoms with Crippen molar-refractivity contribution in [3.63, 3.8) is 0 Å². The SMILES string of the molecule is CONC(=O)[C@@]1(CCS(=O)(=O)c2ccccc2)N=C(c2ccc(OCCCO)cc2)O[C@H]1c1ccc(-c2ccccc2)cc1. The van der Waals surface area contributed by atoms with Crippen LogP contribution in [0, 0.1) is 0 Å². The molecule has 228 valence electrons. The molecule has 0 fully saturated rings. The Bertz CT molecular complexity index is 1680. The molecule has 0 spiro atoms. The highest BCUT2D eigenvalue weighted by Gasteiger charge is 2.54. The molecule has 0 saturated heterocycles. The number of sulfone groups is 1. The van der Waals surface area contributed by atoms with Crippen LogP contribution in [0.5, 0.6) is 5.75 Å². The number of carbonyl (C=O) groups excluding carboxylic acids is 1. The fourth-order valence-corrected chi connectivity index (χ4v) is 6.46. The van der Waals surface area contributed by atoms with Crippen LogP contribution in [-0.4, -0.2) is 56.9 Å². The molecule has 4 aromatic rings. The summed E-state index contributed by atoms with van der Waals surface area (Å²) < 4.78 is 38.8. The number of hydrogen-bond donors (Lipinski definition) is 2. The summed E-state index contributed by atoms with van der Waals surface area (Å²) in [5, 5.41) is 9.02. The summed E-state index contributed by atoms with van der Waals surface area (Å²) in [6.45, 7) is 0.395. The average molecular weight is 615 g/mol. The zero-order valence-electron chi connectivity index (χ0n) is 24.3. The van der Waals surface area contributed by atoms with Gasteiger partial charge in [-0.1, -0.05) is 72.8 Å². The minimum atomic E-state index is -3.76. The smallest absolute Gasteiger partial charge is 0.275 e. The monoisotopic (exact) mass is 614 g/mol. The Balaban J connectivity index is 1.53. The molecule has 44 heavy (non-hydrogen) atoms. The van der Waals surface area contributed by atoms with E-state index >= 15 is 0 Å². The lowest BCUT2D eigenvalue weighted by atomic mass is 9.85. The molecule has 1 heterocycles. The van der Waals surface area contributed by atoms with Crippen molar-refractivity contribution in [2.45, 2.75) is 29.4 Å². The van der Waals surface area contributed by atoms with Crippen LogP contribution in [0.4, 0.5) is 0 Å². The van der Waals surface area contributed by atoms with Crippen LogP contribution in [0.3, 0.4) is 0 Å². The second-order valence-electron chi connectivity index (χ2n) is 10.3. The predicted molar refractivity (Wildman–Crippen MR) is 167 cm³/mol. The Morgan fingerprint density at radius 2 is 1.50 bits per heavy atom. The first kappa shape index (κ1) is 30.9. The minimum Gasteiger partial charge on any atom is -0.494 e. The first-order valence-corrected chi connectivity index (χ1v) is 15.9. The van der Waals surface area contributed by atoms with Crippen molar-refractivity contribution in [3.8, 4) is 16.9 Å². The normalized spacial score (nSPS) is 17.9. The molecule has 0 bridgehead atoms. The number of hydroxylamine groups is 1. The Morgan fingerprint density at radius 1 is 0.886 bits per heavy atom. The Labute approximate surface area is 257 Å². The molecule has 0 aromatic heterocycles. The summed E-state index contributed by atoms with van der Waals surface area (Å²) in [5.74, 6) is -0.192. The molecule has 1 aliphatic rings. The molecular weight excluding hydrogens is 580 g/mol. The van der Waals surface area contributed by atoms with Crippen molar-refractivity contribution in [1.82, 2.24) is 5.48 Å². The number of ether oxygens (including phenoxy) is 2. The number of carbonyl (C=O) groups is 1.